The summed E-state index contributed by atoms with van der Waals surface area (Å²) in [4.78, 5) is 4.87. The highest BCUT2D eigenvalue weighted by Crippen LogP contribution is 2.47. The number of fused-ring (bicyclic) bond motifs is 1. The van der Waals surface area contributed by atoms with Crippen molar-refractivity contribution < 1.29 is 4.74 Å². The van der Waals surface area contributed by atoms with Crippen LogP contribution in [-0.4, -0.2) is 16.7 Å². The van der Waals surface area contributed by atoms with Crippen molar-refractivity contribution in [2.75, 3.05) is 7.11 Å². The van der Waals surface area contributed by atoms with Gasteiger partial charge in [-0.15, -0.1) is 0 Å². The molecular weight excluding hydrogens is 250 g/mol. The van der Waals surface area contributed by atoms with Crippen LogP contribution < -0.4 is 10.5 Å². The molecule has 2 N–H and O–H groups in total. The van der Waals surface area contributed by atoms with E-state index in [0.29, 0.717) is 12.0 Å². The number of benzene rings is 1. The first-order chi connectivity index (χ1) is 9.61. The second kappa shape index (κ2) is 3.98. The van der Waals surface area contributed by atoms with Crippen molar-refractivity contribution in [2.24, 2.45) is 11.7 Å². The van der Waals surface area contributed by atoms with E-state index in [-0.39, 0.29) is 5.54 Å². The molecule has 1 aromatic heterocycles. The molecule has 2 fully saturated rings. The second-order valence-corrected chi connectivity index (χ2v) is 6.45. The maximum absolute atomic E-state index is 6.63. The van der Waals surface area contributed by atoms with Gasteiger partial charge in [-0.05, 0) is 50.7 Å². The molecule has 1 unspecified atom stereocenters. The van der Waals surface area contributed by atoms with Gasteiger partial charge in [-0.25, -0.2) is 4.98 Å². The van der Waals surface area contributed by atoms with E-state index < -0.39 is 0 Å². The quantitative estimate of drug-likeness (QED) is 0.930. The van der Waals surface area contributed by atoms with Crippen LogP contribution in [0.25, 0.3) is 11.0 Å². The molecule has 2 aliphatic rings. The highest BCUT2D eigenvalue weighted by atomic mass is 16.5. The van der Waals surface area contributed by atoms with E-state index in [1.807, 2.05) is 12.1 Å². The second-order valence-electron chi connectivity index (χ2n) is 6.45. The average Bonchev–Trinajstić information content (AvgIpc) is 3.32. The van der Waals surface area contributed by atoms with Gasteiger partial charge >= 0.3 is 0 Å². The van der Waals surface area contributed by atoms with E-state index in [2.05, 4.69) is 17.6 Å². The van der Waals surface area contributed by atoms with E-state index in [9.17, 15) is 0 Å². The van der Waals surface area contributed by atoms with Crippen LogP contribution in [0.5, 0.6) is 5.75 Å². The fourth-order valence-corrected chi connectivity index (χ4v) is 3.15. The van der Waals surface area contributed by atoms with E-state index in [4.69, 9.17) is 15.5 Å². The molecule has 4 nitrogen and oxygen atoms in total. The Hall–Kier alpha value is -1.55. The zero-order chi connectivity index (χ0) is 13.9. The molecule has 1 atom stereocenters. The largest absolute Gasteiger partial charge is 0.497 e. The Bertz CT molecular complexity index is 666. The Morgan fingerprint density at radius 3 is 2.65 bits per heavy atom. The zero-order valence-corrected chi connectivity index (χ0v) is 12.1. The van der Waals surface area contributed by atoms with Crippen molar-refractivity contribution in [3.63, 3.8) is 0 Å². The van der Waals surface area contributed by atoms with Crippen molar-refractivity contribution in [2.45, 2.75) is 44.2 Å². The molecular formula is C16H21N3O. The Morgan fingerprint density at radius 1 is 1.30 bits per heavy atom. The molecule has 2 aromatic rings. The standard InChI is InChI=1S/C16H21N3O/c1-16(17,10-3-4-10)15-18-13-9-12(20-2)7-8-14(13)19(15)11-5-6-11/h7-11H,3-6,17H2,1-2H3. The molecule has 2 saturated carbocycles. The maximum atomic E-state index is 6.63. The number of hydrogen-bond donors (Lipinski definition) is 1. The summed E-state index contributed by atoms with van der Waals surface area (Å²) < 4.78 is 7.69. The van der Waals surface area contributed by atoms with Gasteiger partial charge in [-0.1, -0.05) is 0 Å². The summed E-state index contributed by atoms with van der Waals surface area (Å²) in [5, 5.41) is 0. The molecule has 0 spiro atoms. The van der Waals surface area contributed by atoms with Gasteiger partial charge in [0, 0.05) is 12.1 Å². The number of methoxy groups -OCH3 is 1. The molecule has 2 aliphatic carbocycles. The molecule has 106 valence electrons. The molecule has 0 saturated heterocycles. The SMILES string of the molecule is COc1ccc2c(c1)nc(C(C)(N)C1CC1)n2C1CC1. The number of nitrogens with two attached hydrogens (primary N) is 1. The first-order valence-electron chi connectivity index (χ1n) is 7.46. The third kappa shape index (κ3) is 1.74. The van der Waals surface area contributed by atoms with E-state index in [1.54, 1.807) is 7.11 Å². The average molecular weight is 271 g/mol. The summed E-state index contributed by atoms with van der Waals surface area (Å²) in [5.41, 5.74) is 8.52. The van der Waals surface area contributed by atoms with Crippen LogP contribution in [0.4, 0.5) is 0 Å². The van der Waals surface area contributed by atoms with Crippen LogP contribution in [0, 0.1) is 5.92 Å². The lowest BCUT2D eigenvalue weighted by Gasteiger charge is -2.25. The smallest absolute Gasteiger partial charge is 0.130 e. The van der Waals surface area contributed by atoms with Crippen molar-refractivity contribution in [1.29, 1.82) is 0 Å². The van der Waals surface area contributed by atoms with E-state index >= 15 is 0 Å². The topological polar surface area (TPSA) is 53.1 Å². The predicted molar refractivity (Wildman–Crippen MR) is 78.8 cm³/mol. The number of aromatic nitrogens is 2. The Kier molecular flexibility index (Phi) is 2.43. The van der Waals surface area contributed by atoms with Crippen LogP contribution in [0.2, 0.25) is 0 Å². The first kappa shape index (κ1) is 12.2. The zero-order valence-electron chi connectivity index (χ0n) is 12.1. The fraction of sp³-hybridized carbons (Fsp3) is 0.562. The van der Waals surface area contributed by atoms with Gasteiger partial charge in [0.2, 0.25) is 0 Å². The van der Waals surface area contributed by atoms with Crippen molar-refractivity contribution >= 4 is 11.0 Å². The molecule has 0 amide bonds. The van der Waals surface area contributed by atoms with Crippen LogP contribution in [0.3, 0.4) is 0 Å². The maximum Gasteiger partial charge on any atom is 0.130 e. The van der Waals surface area contributed by atoms with Gasteiger partial charge in [0.15, 0.2) is 0 Å². The van der Waals surface area contributed by atoms with E-state index in [0.717, 1.165) is 17.1 Å². The fourth-order valence-electron chi connectivity index (χ4n) is 3.15. The lowest BCUT2D eigenvalue weighted by Crippen LogP contribution is -2.38. The summed E-state index contributed by atoms with van der Waals surface area (Å²) in [7, 11) is 1.69. The van der Waals surface area contributed by atoms with Crippen LogP contribution in [0.1, 0.15) is 44.5 Å². The third-order valence-electron chi connectivity index (χ3n) is 4.72. The van der Waals surface area contributed by atoms with Gasteiger partial charge in [0.25, 0.3) is 0 Å². The third-order valence-corrected chi connectivity index (χ3v) is 4.72. The van der Waals surface area contributed by atoms with Gasteiger partial charge in [-0.3, -0.25) is 0 Å². The van der Waals surface area contributed by atoms with E-state index in [1.165, 1.54) is 31.2 Å². The molecule has 1 aromatic carbocycles. The highest BCUT2D eigenvalue weighted by Gasteiger charge is 2.44. The summed E-state index contributed by atoms with van der Waals surface area (Å²) in [6, 6.07) is 6.73. The molecule has 20 heavy (non-hydrogen) atoms. The Balaban J connectivity index is 1.92. The summed E-state index contributed by atoms with van der Waals surface area (Å²) in [5.74, 6) is 2.50. The number of ether oxygens (including phenoxy) is 1. The number of hydrogen-bond acceptors (Lipinski definition) is 3. The molecule has 0 radical (unpaired) electrons. The first-order valence-corrected chi connectivity index (χ1v) is 7.46. The Labute approximate surface area is 118 Å². The molecule has 1 heterocycles. The minimum absolute atomic E-state index is 0.311. The molecule has 0 aliphatic heterocycles. The predicted octanol–water partition coefficient (Wildman–Crippen LogP) is 2.96. The van der Waals surface area contributed by atoms with Gasteiger partial charge in [0.1, 0.15) is 11.6 Å². The lowest BCUT2D eigenvalue weighted by molar-refractivity contribution is 0.383. The van der Waals surface area contributed by atoms with Crippen molar-refractivity contribution in [3.05, 3.63) is 24.0 Å². The number of nitrogens with zero attached hydrogens (tertiary/aromatic N) is 2. The van der Waals surface area contributed by atoms with Crippen molar-refractivity contribution in [3.8, 4) is 5.75 Å². The minimum atomic E-state index is -0.311. The van der Waals surface area contributed by atoms with Crippen LogP contribution in [-0.2, 0) is 5.54 Å². The summed E-state index contributed by atoms with van der Waals surface area (Å²) in [6.45, 7) is 2.14. The summed E-state index contributed by atoms with van der Waals surface area (Å²) >= 11 is 0. The van der Waals surface area contributed by atoms with Crippen LogP contribution in [0.15, 0.2) is 18.2 Å². The monoisotopic (exact) mass is 271 g/mol. The normalized spacial score (nSPS) is 21.9. The lowest BCUT2D eigenvalue weighted by atomic mass is 9.96. The molecule has 4 heteroatoms. The Morgan fingerprint density at radius 2 is 2.05 bits per heavy atom. The molecule has 0 bridgehead atoms. The number of imidazole rings is 1. The highest BCUT2D eigenvalue weighted by molar-refractivity contribution is 5.78. The van der Waals surface area contributed by atoms with Gasteiger partial charge in [0.05, 0.1) is 23.7 Å². The van der Waals surface area contributed by atoms with Crippen molar-refractivity contribution in [1.82, 2.24) is 9.55 Å². The molecule has 4 rings (SSSR count). The van der Waals surface area contributed by atoms with Gasteiger partial charge in [-0.2, -0.15) is 0 Å². The number of rotatable bonds is 4. The minimum Gasteiger partial charge on any atom is -0.497 e. The van der Waals surface area contributed by atoms with Gasteiger partial charge < -0.3 is 15.0 Å². The summed E-state index contributed by atoms with van der Waals surface area (Å²) in [6.07, 6.45) is 4.94. The van der Waals surface area contributed by atoms with Crippen LogP contribution >= 0.6 is 0 Å².